The van der Waals surface area contributed by atoms with Crippen molar-refractivity contribution < 1.29 is 33.3 Å². The van der Waals surface area contributed by atoms with E-state index in [-0.39, 0.29) is 0 Å². The Bertz CT molecular complexity index is 1590. The first-order chi connectivity index (χ1) is 20.3. The van der Waals surface area contributed by atoms with E-state index in [0.717, 1.165) is 22.0 Å². The largest absolute Gasteiger partial charge is 0.493 e. The Kier molecular flexibility index (Phi) is 9.26. The molecule has 1 aliphatic heterocycles. The van der Waals surface area contributed by atoms with Crippen molar-refractivity contribution >= 4 is 28.6 Å². The van der Waals surface area contributed by atoms with Gasteiger partial charge in [0.25, 0.3) is 0 Å². The number of benzene rings is 3. The molecule has 218 valence electrons. The summed E-state index contributed by atoms with van der Waals surface area (Å²) < 4.78 is 21.5. The van der Waals surface area contributed by atoms with Crippen molar-refractivity contribution in [1.82, 2.24) is 15.6 Å². The highest BCUT2D eigenvalue weighted by molar-refractivity contribution is 6.22. The van der Waals surface area contributed by atoms with Gasteiger partial charge in [0.1, 0.15) is 0 Å². The minimum atomic E-state index is -1.31. The Morgan fingerprint density at radius 1 is 0.714 bits per heavy atom. The average molecular weight is 572 g/mol. The summed E-state index contributed by atoms with van der Waals surface area (Å²) in [6.45, 7) is 1.74. The molecule has 0 atom stereocenters. The second kappa shape index (κ2) is 13.0. The number of carbonyl (C=O) groups is 3. The third-order valence-corrected chi connectivity index (χ3v) is 7.20. The van der Waals surface area contributed by atoms with Gasteiger partial charge in [-0.3, -0.25) is 25.2 Å². The summed E-state index contributed by atoms with van der Waals surface area (Å²) in [5.41, 5.74) is 1.33. The fourth-order valence-corrected chi connectivity index (χ4v) is 4.95. The van der Waals surface area contributed by atoms with Gasteiger partial charge in [-0.25, -0.2) is 4.79 Å². The molecule has 0 saturated carbocycles. The molecule has 0 spiro atoms. The number of fused-ring (bicyclic) bond motifs is 1. The van der Waals surface area contributed by atoms with E-state index >= 15 is 0 Å². The van der Waals surface area contributed by atoms with Crippen molar-refractivity contribution in [2.24, 2.45) is 0 Å². The Balaban J connectivity index is 0.000000208. The smallest absolute Gasteiger partial charge is 0.328 e. The molecule has 10 nitrogen and oxygen atoms in total. The van der Waals surface area contributed by atoms with Crippen LogP contribution in [-0.4, -0.2) is 51.3 Å². The molecule has 0 aliphatic carbocycles. The van der Waals surface area contributed by atoms with Gasteiger partial charge in [-0.15, -0.1) is 0 Å². The third-order valence-electron chi connectivity index (χ3n) is 7.20. The molecule has 2 heterocycles. The zero-order valence-corrected chi connectivity index (χ0v) is 24.1. The SMILES string of the molecule is CCC1(c2ccccc2)C(=O)NC(=O)NC1=O.COc1ccc(Cc2nccc3cc(OC)c(OC)cc23)cc1OC. The van der Waals surface area contributed by atoms with Crippen molar-refractivity contribution in [3.05, 3.63) is 89.7 Å². The van der Waals surface area contributed by atoms with Crippen molar-refractivity contribution in [2.45, 2.75) is 25.2 Å². The molecule has 0 radical (unpaired) electrons. The molecule has 2 N–H and O–H groups in total. The molecule has 0 unspecified atom stereocenters. The fourth-order valence-electron chi connectivity index (χ4n) is 4.95. The Morgan fingerprint density at radius 2 is 1.31 bits per heavy atom. The van der Waals surface area contributed by atoms with E-state index < -0.39 is 23.3 Å². The van der Waals surface area contributed by atoms with Gasteiger partial charge in [0, 0.05) is 18.0 Å². The number of amides is 4. The van der Waals surface area contributed by atoms with Gasteiger partial charge < -0.3 is 18.9 Å². The number of barbiturate groups is 1. The number of aromatic nitrogens is 1. The number of methoxy groups -OCH3 is 4. The topological polar surface area (TPSA) is 125 Å². The lowest BCUT2D eigenvalue weighted by Gasteiger charge is -2.33. The lowest BCUT2D eigenvalue weighted by atomic mass is 9.75. The molecule has 0 bridgehead atoms. The van der Waals surface area contributed by atoms with Crippen LogP contribution in [0.15, 0.2) is 72.9 Å². The maximum Gasteiger partial charge on any atom is 0.328 e. The summed E-state index contributed by atoms with van der Waals surface area (Å²) in [5, 5.41) is 6.38. The van der Waals surface area contributed by atoms with Crippen LogP contribution < -0.4 is 29.6 Å². The van der Waals surface area contributed by atoms with E-state index in [1.54, 1.807) is 65.7 Å². The first kappa shape index (κ1) is 29.9. The average Bonchev–Trinajstić information content (AvgIpc) is 3.01. The lowest BCUT2D eigenvalue weighted by molar-refractivity contribution is -0.138. The Hall–Kier alpha value is -5.12. The highest BCUT2D eigenvalue weighted by Crippen LogP contribution is 2.35. The van der Waals surface area contributed by atoms with Gasteiger partial charge in [-0.1, -0.05) is 43.3 Å². The van der Waals surface area contributed by atoms with Crippen molar-refractivity contribution in [1.29, 1.82) is 0 Å². The standard InChI is InChI=1S/C20H21NO4.C12H12N2O3/c1-22-17-6-5-13(10-18(17)23-2)9-16-15-12-20(25-4)19(24-3)11-14(15)7-8-21-16;1-2-12(8-6-4-3-5-7-8)9(15)13-11(17)14-10(12)16/h5-8,10-12H,9H2,1-4H3;3-7H,2H2,1H3,(H2,13,14,15,16,17). The van der Waals surface area contributed by atoms with Crippen LogP contribution in [0.5, 0.6) is 23.0 Å². The van der Waals surface area contributed by atoms with Crippen LogP contribution in [0.3, 0.4) is 0 Å². The number of imide groups is 2. The first-order valence-corrected chi connectivity index (χ1v) is 13.2. The third kappa shape index (κ3) is 5.83. The second-order valence-corrected chi connectivity index (χ2v) is 9.41. The molecule has 1 aromatic heterocycles. The van der Waals surface area contributed by atoms with Crippen LogP contribution >= 0.6 is 0 Å². The van der Waals surface area contributed by atoms with Gasteiger partial charge in [0.2, 0.25) is 11.8 Å². The molecule has 1 fully saturated rings. The molecule has 4 amide bonds. The van der Waals surface area contributed by atoms with Gasteiger partial charge in [-0.2, -0.15) is 0 Å². The summed E-state index contributed by atoms with van der Waals surface area (Å²) in [7, 11) is 6.53. The zero-order valence-electron chi connectivity index (χ0n) is 24.1. The molecule has 3 aromatic carbocycles. The summed E-state index contributed by atoms with van der Waals surface area (Å²) in [6, 6.07) is 19.8. The molecule has 1 saturated heterocycles. The van der Waals surface area contributed by atoms with E-state index in [0.29, 0.717) is 41.4 Å². The highest BCUT2D eigenvalue weighted by atomic mass is 16.5. The summed E-state index contributed by atoms with van der Waals surface area (Å²) >= 11 is 0. The number of nitrogens with zero attached hydrogens (tertiary/aromatic N) is 1. The number of pyridine rings is 1. The van der Waals surface area contributed by atoms with Crippen LogP contribution in [0.4, 0.5) is 4.79 Å². The van der Waals surface area contributed by atoms with Crippen molar-refractivity contribution in [3.63, 3.8) is 0 Å². The molecule has 10 heteroatoms. The summed E-state index contributed by atoms with van der Waals surface area (Å²) in [4.78, 5) is 39.6. The van der Waals surface area contributed by atoms with Crippen LogP contribution in [0.25, 0.3) is 10.8 Å². The van der Waals surface area contributed by atoms with Crippen molar-refractivity contribution in [3.8, 4) is 23.0 Å². The van der Waals surface area contributed by atoms with Gasteiger partial charge >= 0.3 is 6.03 Å². The number of hydrogen-bond donors (Lipinski definition) is 2. The van der Waals surface area contributed by atoms with Crippen LogP contribution in [0, 0.1) is 0 Å². The Labute approximate surface area is 243 Å². The van der Waals surface area contributed by atoms with Gasteiger partial charge in [-0.05, 0) is 53.3 Å². The number of urea groups is 1. The predicted molar refractivity (Wildman–Crippen MR) is 157 cm³/mol. The van der Waals surface area contributed by atoms with Crippen LogP contribution in [0.1, 0.15) is 30.2 Å². The first-order valence-electron chi connectivity index (χ1n) is 13.2. The minimum absolute atomic E-state index is 0.294. The molecular formula is C32H33N3O7. The number of ether oxygens (including phenoxy) is 4. The summed E-state index contributed by atoms with van der Waals surface area (Å²) in [5.74, 6) is 1.68. The number of rotatable bonds is 8. The number of carbonyl (C=O) groups excluding carboxylic acids is 3. The molecule has 5 rings (SSSR count). The number of hydrogen-bond acceptors (Lipinski definition) is 8. The monoisotopic (exact) mass is 571 g/mol. The maximum atomic E-state index is 12.0. The minimum Gasteiger partial charge on any atom is -0.493 e. The maximum absolute atomic E-state index is 12.0. The predicted octanol–water partition coefficient (Wildman–Crippen LogP) is 4.56. The fraction of sp³-hybridized carbons (Fsp3) is 0.250. The van der Waals surface area contributed by atoms with Crippen LogP contribution in [-0.2, 0) is 21.4 Å². The highest BCUT2D eigenvalue weighted by Gasteiger charge is 2.50. The quantitative estimate of drug-likeness (QED) is 0.295. The van der Waals surface area contributed by atoms with Crippen molar-refractivity contribution in [2.75, 3.05) is 28.4 Å². The van der Waals surface area contributed by atoms with E-state index in [9.17, 15) is 14.4 Å². The zero-order chi connectivity index (χ0) is 30.3. The normalized spacial score (nSPS) is 13.8. The van der Waals surface area contributed by atoms with E-state index in [4.69, 9.17) is 18.9 Å². The van der Waals surface area contributed by atoms with E-state index in [1.165, 1.54) is 0 Å². The number of nitrogens with one attached hydrogen (secondary N) is 2. The van der Waals surface area contributed by atoms with Crippen LogP contribution in [0.2, 0.25) is 0 Å². The second-order valence-electron chi connectivity index (χ2n) is 9.41. The van der Waals surface area contributed by atoms with E-state index in [2.05, 4.69) is 15.6 Å². The van der Waals surface area contributed by atoms with Gasteiger partial charge in [0.05, 0.1) is 34.1 Å². The van der Waals surface area contributed by atoms with Gasteiger partial charge in [0.15, 0.2) is 28.4 Å². The molecule has 1 aliphatic rings. The molecule has 4 aromatic rings. The molecular weight excluding hydrogens is 538 g/mol. The summed E-state index contributed by atoms with van der Waals surface area (Å²) in [6.07, 6.45) is 2.78. The molecule has 42 heavy (non-hydrogen) atoms. The Morgan fingerprint density at radius 3 is 1.90 bits per heavy atom. The van der Waals surface area contributed by atoms with E-state index in [1.807, 2.05) is 42.6 Å². The lowest BCUT2D eigenvalue weighted by Crippen LogP contribution is -2.64.